The van der Waals surface area contributed by atoms with Gasteiger partial charge in [0.25, 0.3) is 0 Å². The van der Waals surface area contributed by atoms with Crippen molar-refractivity contribution < 1.29 is 4.74 Å². The number of hydrogen-bond acceptors (Lipinski definition) is 3. The Kier molecular flexibility index (Phi) is 5.37. The maximum atomic E-state index is 5.82. The second-order valence-corrected chi connectivity index (χ2v) is 5.69. The lowest BCUT2D eigenvalue weighted by Gasteiger charge is -2.26. The summed E-state index contributed by atoms with van der Waals surface area (Å²) in [6, 6.07) is 9.00. The molecular weight excluding hydrogens is 254 g/mol. The molecule has 0 amide bonds. The molecule has 104 valence electrons. The molecule has 0 fully saturated rings. The average molecular weight is 277 g/mol. The second kappa shape index (κ2) is 7.04. The Morgan fingerprint density at radius 3 is 2.84 bits per heavy atom. The smallest absolute Gasteiger partial charge is 0.0742 e. The number of rotatable bonds is 7. The Morgan fingerprint density at radius 2 is 2.11 bits per heavy atom. The van der Waals surface area contributed by atoms with Crippen LogP contribution in [0.4, 0.5) is 0 Å². The van der Waals surface area contributed by atoms with Crippen molar-refractivity contribution in [2.45, 2.75) is 39.3 Å². The van der Waals surface area contributed by atoms with Gasteiger partial charge < -0.3 is 10.1 Å². The highest BCUT2D eigenvalue weighted by Gasteiger charge is 2.21. The van der Waals surface area contributed by atoms with Crippen LogP contribution < -0.4 is 5.32 Å². The third-order valence-corrected chi connectivity index (χ3v) is 4.34. The van der Waals surface area contributed by atoms with Crippen molar-refractivity contribution in [2.24, 2.45) is 0 Å². The summed E-state index contributed by atoms with van der Waals surface area (Å²) in [6.45, 7) is 8.18. The number of benzene rings is 1. The minimum atomic E-state index is 0.184. The van der Waals surface area contributed by atoms with Crippen molar-refractivity contribution in [1.29, 1.82) is 0 Å². The van der Waals surface area contributed by atoms with E-state index in [4.69, 9.17) is 4.74 Å². The van der Waals surface area contributed by atoms with Crippen molar-refractivity contribution in [3.05, 3.63) is 35.2 Å². The Balaban J connectivity index is 2.33. The van der Waals surface area contributed by atoms with Crippen LogP contribution in [0.3, 0.4) is 0 Å². The molecule has 2 atom stereocenters. The topological polar surface area (TPSA) is 21.3 Å². The molecule has 1 aromatic carbocycles. The highest BCUT2D eigenvalue weighted by Crippen LogP contribution is 2.31. The molecule has 1 aromatic heterocycles. The van der Waals surface area contributed by atoms with E-state index in [-0.39, 0.29) is 12.1 Å². The van der Waals surface area contributed by atoms with Gasteiger partial charge in [0.2, 0.25) is 0 Å². The van der Waals surface area contributed by atoms with Crippen molar-refractivity contribution in [3.8, 4) is 0 Å². The van der Waals surface area contributed by atoms with Crippen molar-refractivity contribution >= 4 is 21.4 Å². The molecule has 0 aliphatic rings. The Hall–Kier alpha value is -0.900. The lowest BCUT2D eigenvalue weighted by molar-refractivity contribution is 0.0476. The predicted molar refractivity (Wildman–Crippen MR) is 83.9 cm³/mol. The number of nitrogens with one attached hydrogen (secondary N) is 1. The molecule has 0 saturated carbocycles. The Morgan fingerprint density at radius 1 is 1.26 bits per heavy atom. The van der Waals surface area contributed by atoms with Gasteiger partial charge in [0.05, 0.1) is 12.1 Å². The van der Waals surface area contributed by atoms with Crippen LogP contribution in [-0.2, 0) is 4.74 Å². The van der Waals surface area contributed by atoms with Gasteiger partial charge in [-0.3, -0.25) is 0 Å². The van der Waals surface area contributed by atoms with Gasteiger partial charge in [-0.05, 0) is 49.2 Å². The fourth-order valence-electron chi connectivity index (χ4n) is 2.45. The molecule has 0 aliphatic carbocycles. The molecule has 0 spiro atoms. The van der Waals surface area contributed by atoms with E-state index >= 15 is 0 Å². The summed E-state index contributed by atoms with van der Waals surface area (Å²) in [7, 11) is 0. The van der Waals surface area contributed by atoms with E-state index in [1.165, 1.54) is 15.6 Å². The molecule has 2 rings (SSSR count). The van der Waals surface area contributed by atoms with E-state index < -0.39 is 0 Å². The highest BCUT2D eigenvalue weighted by molar-refractivity contribution is 7.17. The van der Waals surface area contributed by atoms with Gasteiger partial charge in [-0.25, -0.2) is 0 Å². The van der Waals surface area contributed by atoms with Crippen LogP contribution in [0.25, 0.3) is 10.1 Å². The molecular formula is C16H23NOS. The largest absolute Gasteiger partial charge is 0.377 e. The van der Waals surface area contributed by atoms with Gasteiger partial charge in [0, 0.05) is 11.3 Å². The summed E-state index contributed by atoms with van der Waals surface area (Å²) >= 11 is 1.82. The van der Waals surface area contributed by atoms with Gasteiger partial charge in [-0.2, -0.15) is 0 Å². The summed E-state index contributed by atoms with van der Waals surface area (Å²) in [5, 5.41) is 7.13. The molecule has 2 nitrogen and oxygen atoms in total. The second-order valence-electron chi connectivity index (χ2n) is 4.78. The van der Waals surface area contributed by atoms with E-state index in [1.54, 1.807) is 0 Å². The van der Waals surface area contributed by atoms with Gasteiger partial charge in [-0.15, -0.1) is 11.3 Å². The predicted octanol–water partition coefficient (Wildman–Crippen LogP) is 4.37. The van der Waals surface area contributed by atoms with Crippen LogP contribution >= 0.6 is 11.3 Å². The summed E-state index contributed by atoms with van der Waals surface area (Å²) in [5.74, 6) is 0. The van der Waals surface area contributed by atoms with E-state index in [2.05, 4.69) is 55.7 Å². The zero-order valence-electron chi connectivity index (χ0n) is 12.0. The minimum Gasteiger partial charge on any atom is -0.377 e. The molecule has 0 radical (unpaired) electrons. The molecule has 2 unspecified atom stereocenters. The zero-order valence-corrected chi connectivity index (χ0v) is 12.8. The molecule has 0 aliphatic heterocycles. The number of ether oxygens (including phenoxy) is 1. The molecule has 1 N–H and O–H groups in total. The molecule has 3 heteroatoms. The van der Waals surface area contributed by atoms with E-state index in [1.807, 2.05) is 11.3 Å². The van der Waals surface area contributed by atoms with E-state index in [0.29, 0.717) is 0 Å². The highest BCUT2D eigenvalue weighted by atomic mass is 32.1. The summed E-state index contributed by atoms with van der Waals surface area (Å²) in [6.07, 6.45) is 1.32. The number of hydrogen-bond donors (Lipinski definition) is 1. The Bertz CT molecular complexity index is 508. The Labute approximate surface area is 119 Å². The molecule has 0 saturated heterocycles. The summed E-state index contributed by atoms with van der Waals surface area (Å²) < 4.78 is 7.20. The lowest BCUT2D eigenvalue weighted by Crippen LogP contribution is -2.32. The van der Waals surface area contributed by atoms with Gasteiger partial charge in [-0.1, -0.05) is 25.1 Å². The third-order valence-electron chi connectivity index (χ3n) is 3.36. The van der Waals surface area contributed by atoms with Crippen molar-refractivity contribution in [3.63, 3.8) is 0 Å². The van der Waals surface area contributed by atoms with E-state index in [0.717, 1.165) is 19.6 Å². The van der Waals surface area contributed by atoms with Crippen molar-refractivity contribution in [2.75, 3.05) is 13.2 Å². The maximum Gasteiger partial charge on any atom is 0.0742 e. The average Bonchev–Trinajstić information content (AvgIpc) is 2.88. The quantitative estimate of drug-likeness (QED) is 0.811. The standard InChI is InChI=1S/C16H23NOS/c1-4-10-17-15(12(3)18-5-2)14-8-6-7-13-9-11-19-16(13)14/h6-9,11-12,15,17H,4-5,10H2,1-3H3. The van der Waals surface area contributed by atoms with Crippen LogP contribution in [-0.4, -0.2) is 19.3 Å². The number of thiophene rings is 1. The fourth-order valence-corrected chi connectivity index (χ4v) is 3.40. The summed E-state index contributed by atoms with van der Waals surface area (Å²) in [5.41, 5.74) is 1.36. The summed E-state index contributed by atoms with van der Waals surface area (Å²) in [4.78, 5) is 0. The molecule has 2 aromatic rings. The van der Waals surface area contributed by atoms with Crippen LogP contribution in [0, 0.1) is 0 Å². The fraction of sp³-hybridized carbons (Fsp3) is 0.500. The molecule has 19 heavy (non-hydrogen) atoms. The first-order valence-corrected chi connectivity index (χ1v) is 7.97. The molecule has 1 heterocycles. The maximum absolute atomic E-state index is 5.82. The first-order valence-electron chi connectivity index (χ1n) is 7.09. The van der Waals surface area contributed by atoms with E-state index in [9.17, 15) is 0 Å². The zero-order chi connectivity index (χ0) is 13.7. The number of fused-ring (bicyclic) bond motifs is 1. The normalized spacial score (nSPS) is 14.7. The van der Waals surface area contributed by atoms with Gasteiger partial charge in [0.15, 0.2) is 0 Å². The third kappa shape index (κ3) is 3.35. The van der Waals surface area contributed by atoms with Crippen molar-refractivity contribution in [1.82, 2.24) is 5.32 Å². The SMILES string of the molecule is CCCNC(c1cccc2ccsc12)C(C)OCC. The van der Waals surface area contributed by atoms with Crippen LogP contribution in [0.2, 0.25) is 0 Å². The van der Waals surface area contributed by atoms with Crippen LogP contribution in [0.1, 0.15) is 38.8 Å². The lowest BCUT2D eigenvalue weighted by atomic mass is 10.0. The van der Waals surface area contributed by atoms with Crippen LogP contribution in [0.5, 0.6) is 0 Å². The van der Waals surface area contributed by atoms with Crippen LogP contribution in [0.15, 0.2) is 29.6 Å². The molecule has 0 bridgehead atoms. The first-order chi connectivity index (χ1) is 9.27. The monoisotopic (exact) mass is 277 g/mol. The van der Waals surface area contributed by atoms with Gasteiger partial charge in [0.1, 0.15) is 0 Å². The van der Waals surface area contributed by atoms with Gasteiger partial charge >= 0.3 is 0 Å². The first kappa shape index (κ1) is 14.5. The minimum absolute atomic E-state index is 0.184.